The number of halogens is 9. The average Bonchev–Trinajstić information content (AvgIpc) is 2.88. The van der Waals surface area contributed by atoms with Gasteiger partial charge < -0.3 is 20.1 Å². The van der Waals surface area contributed by atoms with Crippen LogP contribution in [0.3, 0.4) is 0 Å². The quantitative estimate of drug-likeness (QED) is 0.257. The molecule has 15 heteroatoms. The molecule has 2 N–H and O–H groups in total. The molecule has 0 aliphatic carbocycles. The molecule has 0 spiro atoms. The number of hydrogen-bond acceptors (Lipinski definition) is 4. The van der Waals surface area contributed by atoms with Crippen LogP contribution in [-0.4, -0.2) is 37.9 Å². The monoisotopic (exact) mass is 608 g/mol. The molecule has 0 saturated carbocycles. The Morgan fingerprint density at radius 1 is 0.762 bits per heavy atom. The topological polar surface area (TPSA) is 76.7 Å². The number of alkyl halides is 9. The molecule has 0 aliphatic heterocycles. The maximum atomic E-state index is 14.7. The van der Waals surface area contributed by atoms with Gasteiger partial charge in [-0.3, -0.25) is 9.59 Å². The molecule has 0 bridgehead atoms. The number of carbonyl (C=O) groups is 2. The van der Waals surface area contributed by atoms with Crippen molar-refractivity contribution in [2.75, 3.05) is 17.7 Å². The highest BCUT2D eigenvalue weighted by Crippen LogP contribution is 2.54. The van der Waals surface area contributed by atoms with Crippen molar-refractivity contribution in [1.82, 2.24) is 0 Å². The van der Waals surface area contributed by atoms with Gasteiger partial charge in [0.15, 0.2) is 5.75 Å². The third-order valence-electron chi connectivity index (χ3n) is 6.03. The molecule has 42 heavy (non-hydrogen) atoms. The summed E-state index contributed by atoms with van der Waals surface area (Å²) in [4.78, 5) is 25.9. The zero-order valence-corrected chi connectivity index (χ0v) is 21.8. The van der Waals surface area contributed by atoms with E-state index in [0.717, 1.165) is 14.0 Å². The van der Waals surface area contributed by atoms with Crippen LogP contribution in [0.5, 0.6) is 11.5 Å². The van der Waals surface area contributed by atoms with Gasteiger partial charge in [-0.2, -0.15) is 35.1 Å². The van der Waals surface area contributed by atoms with Crippen LogP contribution in [0.1, 0.15) is 37.4 Å². The van der Waals surface area contributed by atoms with E-state index < -0.39 is 59.0 Å². The van der Waals surface area contributed by atoms with Crippen molar-refractivity contribution in [2.45, 2.75) is 38.5 Å². The number of rotatable bonds is 8. The average molecular weight is 608 g/mol. The summed E-state index contributed by atoms with van der Waals surface area (Å²) in [7, 11) is 1.13. The van der Waals surface area contributed by atoms with Gasteiger partial charge >= 0.3 is 24.6 Å². The van der Waals surface area contributed by atoms with E-state index in [9.17, 15) is 49.1 Å². The van der Waals surface area contributed by atoms with Crippen molar-refractivity contribution in [3.8, 4) is 11.5 Å². The first-order valence-electron chi connectivity index (χ1n) is 11.7. The van der Waals surface area contributed by atoms with Crippen LogP contribution in [0.25, 0.3) is 0 Å². The summed E-state index contributed by atoms with van der Waals surface area (Å²) in [5.41, 5.74) is -8.89. The molecule has 3 aromatic carbocycles. The van der Waals surface area contributed by atoms with Gasteiger partial charge in [0.1, 0.15) is 5.75 Å². The lowest BCUT2D eigenvalue weighted by Gasteiger charge is -2.31. The van der Waals surface area contributed by atoms with Gasteiger partial charge in [0, 0.05) is 11.1 Å². The first-order chi connectivity index (χ1) is 19.4. The number of methoxy groups -OCH3 is 1. The maximum absolute atomic E-state index is 14.7. The lowest BCUT2D eigenvalue weighted by Crippen LogP contribution is -2.50. The lowest BCUT2D eigenvalue weighted by atomic mass is 9.92. The largest absolute Gasteiger partial charge is 0.494 e. The summed E-state index contributed by atoms with van der Waals surface area (Å²) in [6.45, 7) is -1.25. The molecule has 0 atom stereocenters. The van der Waals surface area contributed by atoms with Crippen molar-refractivity contribution in [3.05, 3.63) is 82.4 Å². The lowest BCUT2D eigenvalue weighted by molar-refractivity contribution is -0.348. The standard InChI is InChI=1S/C27H21F9N2O4/c1-13-7-4-5-8-16(13)22(39)37-18-10-6-9-17(21(18)41-3)23(40)38-20-14(2)11-15(12-19(20)42-24(28)29)25(30,26(31,32)33)27(34,35)36/h4-12,24H,1-3H3,(H,37,39)(H,38,40). The van der Waals surface area contributed by atoms with Crippen LogP contribution in [0, 0.1) is 13.8 Å². The second-order valence-corrected chi connectivity index (χ2v) is 8.81. The van der Waals surface area contributed by atoms with Gasteiger partial charge in [-0.1, -0.05) is 24.3 Å². The highest BCUT2D eigenvalue weighted by atomic mass is 19.4. The summed E-state index contributed by atoms with van der Waals surface area (Å²) in [5.74, 6) is -3.31. The Balaban J connectivity index is 2.06. The van der Waals surface area contributed by atoms with Gasteiger partial charge in [-0.15, -0.1) is 0 Å². The fourth-order valence-corrected chi connectivity index (χ4v) is 4.02. The van der Waals surface area contributed by atoms with Gasteiger partial charge in [0.05, 0.1) is 24.0 Å². The summed E-state index contributed by atoms with van der Waals surface area (Å²) in [6, 6.07) is 10.3. The molecule has 0 saturated heterocycles. The Hall–Kier alpha value is -4.43. The van der Waals surface area contributed by atoms with Crippen molar-refractivity contribution >= 4 is 23.2 Å². The second-order valence-electron chi connectivity index (χ2n) is 8.81. The van der Waals surface area contributed by atoms with E-state index in [1.165, 1.54) is 24.3 Å². The molecule has 0 fully saturated rings. The molecule has 0 unspecified atom stereocenters. The zero-order chi connectivity index (χ0) is 31.6. The molecule has 3 aromatic rings. The minimum Gasteiger partial charge on any atom is -0.494 e. The Labute approximate surface area is 232 Å². The highest BCUT2D eigenvalue weighted by Gasteiger charge is 2.73. The molecule has 226 valence electrons. The van der Waals surface area contributed by atoms with Crippen molar-refractivity contribution in [3.63, 3.8) is 0 Å². The molecule has 6 nitrogen and oxygen atoms in total. The van der Waals surface area contributed by atoms with E-state index in [0.29, 0.717) is 11.1 Å². The normalized spacial score (nSPS) is 12.2. The van der Waals surface area contributed by atoms with Crippen LogP contribution in [0.15, 0.2) is 54.6 Å². The van der Waals surface area contributed by atoms with E-state index in [-0.39, 0.29) is 29.1 Å². The number of benzene rings is 3. The highest BCUT2D eigenvalue weighted by molar-refractivity contribution is 6.11. The second kappa shape index (κ2) is 11.8. The first-order valence-corrected chi connectivity index (χ1v) is 11.7. The summed E-state index contributed by atoms with van der Waals surface area (Å²) in [5, 5.41) is 4.63. The van der Waals surface area contributed by atoms with Crippen molar-refractivity contribution in [2.24, 2.45) is 0 Å². The van der Waals surface area contributed by atoms with Crippen LogP contribution >= 0.6 is 0 Å². The third kappa shape index (κ3) is 6.24. The van der Waals surface area contributed by atoms with Gasteiger partial charge in [0.2, 0.25) is 0 Å². The SMILES string of the molecule is COc1c(NC(=O)c2ccccc2C)cccc1C(=O)Nc1c(C)cc(C(F)(C(F)(F)F)C(F)(F)F)cc1OC(F)F. The molecule has 0 heterocycles. The van der Waals surface area contributed by atoms with E-state index in [1.54, 1.807) is 25.1 Å². The number of para-hydroxylation sites is 1. The van der Waals surface area contributed by atoms with Gasteiger partial charge in [-0.05, 0) is 55.3 Å². The molecule has 3 rings (SSSR count). The summed E-state index contributed by atoms with van der Waals surface area (Å²) in [6.07, 6.45) is -13.1. The van der Waals surface area contributed by atoms with Crippen molar-refractivity contribution < 1.29 is 58.6 Å². The summed E-state index contributed by atoms with van der Waals surface area (Å²) < 4.78 is 130. The molecule has 0 radical (unpaired) electrons. The smallest absolute Gasteiger partial charge is 0.435 e. The number of carbonyl (C=O) groups excluding carboxylic acids is 2. The maximum Gasteiger partial charge on any atom is 0.435 e. The zero-order valence-electron chi connectivity index (χ0n) is 21.8. The minimum atomic E-state index is -6.53. The van der Waals surface area contributed by atoms with Crippen LogP contribution in [-0.2, 0) is 5.67 Å². The summed E-state index contributed by atoms with van der Waals surface area (Å²) >= 11 is 0. The Morgan fingerprint density at radius 2 is 1.33 bits per heavy atom. The number of hydrogen-bond donors (Lipinski definition) is 2. The van der Waals surface area contributed by atoms with E-state index in [2.05, 4.69) is 15.4 Å². The van der Waals surface area contributed by atoms with Crippen LogP contribution in [0.2, 0.25) is 0 Å². The predicted molar refractivity (Wildman–Crippen MR) is 133 cm³/mol. The first kappa shape index (κ1) is 32.1. The van der Waals surface area contributed by atoms with Crippen LogP contribution < -0.4 is 20.1 Å². The number of nitrogens with one attached hydrogen (secondary N) is 2. The van der Waals surface area contributed by atoms with E-state index in [4.69, 9.17) is 4.74 Å². The predicted octanol–water partition coefficient (Wildman–Crippen LogP) is 7.71. The molecule has 0 aromatic heterocycles. The Bertz CT molecular complexity index is 1470. The molecular weight excluding hydrogens is 587 g/mol. The molecule has 0 aliphatic rings. The molecular formula is C27H21F9N2O4. The van der Waals surface area contributed by atoms with Gasteiger partial charge in [0.25, 0.3) is 11.8 Å². The molecule has 2 amide bonds. The van der Waals surface area contributed by atoms with Crippen LogP contribution in [0.4, 0.5) is 50.9 Å². The number of aryl methyl sites for hydroxylation is 2. The van der Waals surface area contributed by atoms with E-state index >= 15 is 0 Å². The number of amides is 2. The minimum absolute atomic E-state index is 0.00732. The number of anilines is 2. The third-order valence-corrected chi connectivity index (χ3v) is 6.03. The fourth-order valence-electron chi connectivity index (χ4n) is 4.02. The van der Waals surface area contributed by atoms with Crippen molar-refractivity contribution in [1.29, 1.82) is 0 Å². The van der Waals surface area contributed by atoms with E-state index in [1.807, 2.05) is 0 Å². The number of ether oxygens (including phenoxy) is 2. The Morgan fingerprint density at radius 3 is 1.88 bits per heavy atom. The Kier molecular flexibility index (Phi) is 9.03. The van der Waals surface area contributed by atoms with Gasteiger partial charge in [-0.25, -0.2) is 4.39 Å². The fraction of sp³-hybridized carbons (Fsp3) is 0.259.